The first-order valence-electron chi connectivity index (χ1n) is 36.4. The molecule has 0 aliphatic heterocycles. The van der Waals surface area contributed by atoms with Crippen molar-refractivity contribution in [2.24, 2.45) is 0 Å². The third-order valence-corrected chi connectivity index (χ3v) is 17.3. The molecule has 1 amide bonds. The van der Waals surface area contributed by atoms with Gasteiger partial charge in [0.1, 0.15) is 0 Å². The third-order valence-electron chi connectivity index (χ3n) is 17.3. The van der Waals surface area contributed by atoms with Gasteiger partial charge in [0.15, 0.2) is 0 Å². The van der Waals surface area contributed by atoms with Crippen LogP contribution in [0, 0.1) is 0 Å². The molecule has 0 saturated carbocycles. The number of ether oxygens (including phenoxy) is 1. The Labute approximate surface area is 495 Å². The summed E-state index contributed by atoms with van der Waals surface area (Å²) in [7, 11) is 0. The maximum absolute atomic E-state index is 12.5. The highest BCUT2D eigenvalue weighted by atomic mass is 16.5. The van der Waals surface area contributed by atoms with Crippen LogP contribution in [0.2, 0.25) is 0 Å². The molecule has 0 aromatic carbocycles. The Morgan fingerprint density at radius 2 is 0.595 bits per heavy atom. The van der Waals surface area contributed by atoms with E-state index in [4.69, 9.17) is 4.74 Å². The average Bonchev–Trinajstić information content (AvgIpc) is 3.45. The van der Waals surface area contributed by atoms with Gasteiger partial charge >= 0.3 is 5.97 Å². The van der Waals surface area contributed by atoms with E-state index in [0.717, 1.165) is 38.5 Å². The summed E-state index contributed by atoms with van der Waals surface area (Å²) in [5.74, 6) is -0.00625. The highest BCUT2D eigenvalue weighted by Gasteiger charge is 2.20. The lowest BCUT2D eigenvalue weighted by Gasteiger charge is -2.22. The topological polar surface area (TPSA) is 95.9 Å². The van der Waals surface area contributed by atoms with E-state index in [-0.39, 0.29) is 18.5 Å². The van der Waals surface area contributed by atoms with Crippen LogP contribution in [-0.4, -0.2) is 47.4 Å². The molecule has 3 N–H and O–H groups in total. The highest BCUT2D eigenvalue weighted by molar-refractivity contribution is 5.76. The van der Waals surface area contributed by atoms with Gasteiger partial charge < -0.3 is 20.3 Å². The predicted octanol–water partition coefficient (Wildman–Crippen LogP) is 23.5. The molecule has 2 unspecified atom stereocenters. The monoisotopic (exact) mass is 1110 g/mol. The number of carbonyl (C=O) groups excluding carboxylic acids is 2. The van der Waals surface area contributed by atoms with Crippen molar-refractivity contribution in [2.45, 2.75) is 431 Å². The lowest BCUT2D eigenvalue weighted by Crippen LogP contribution is -2.45. The van der Waals surface area contributed by atoms with Crippen molar-refractivity contribution in [3.63, 3.8) is 0 Å². The summed E-state index contributed by atoms with van der Waals surface area (Å²) in [5.41, 5.74) is 0. The molecule has 6 nitrogen and oxygen atoms in total. The second kappa shape index (κ2) is 69.1. The molecule has 470 valence electrons. The van der Waals surface area contributed by atoms with Crippen LogP contribution in [0.4, 0.5) is 0 Å². The van der Waals surface area contributed by atoms with Crippen molar-refractivity contribution >= 4 is 11.9 Å². The minimum atomic E-state index is -0.660. The highest BCUT2D eigenvalue weighted by Crippen LogP contribution is 2.19. The molecule has 0 bridgehead atoms. The van der Waals surface area contributed by atoms with E-state index in [1.807, 2.05) is 0 Å². The second-order valence-electron chi connectivity index (χ2n) is 25.3. The van der Waals surface area contributed by atoms with Gasteiger partial charge in [-0.3, -0.25) is 9.59 Å². The summed E-state index contributed by atoms with van der Waals surface area (Å²) < 4.78 is 5.51. The van der Waals surface area contributed by atoms with Crippen molar-refractivity contribution < 1.29 is 24.5 Å². The van der Waals surface area contributed by atoms with Crippen molar-refractivity contribution in [3.8, 4) is 0 Å². The van der Waals surface area contributed by atoms with E-state index in [2.05, 4.69) is 31.3 Å². The van der Waals surface area contributed by atoms with Gasteiger partial charge in [-0.25, -0.2) is 0 Å². The third kappa shape index (κ3) is 65.6. The molecule has 2 atom stereocenters. The van der Waals surface area contributed by atoms with Crippen molar-refractivity contribution in [3.05, 3.63) is 12.2 Å². The van der Waals surface area contributed by atoms with Crippen molar-refractivity contribution in [2.75, 3.05) is 13.2 Å². The lowest BCUT2D eigenvalue weighted by atomic mass is 10.0. The molecule has 0 aliphatic rings. The fraction of sp³-hybridized carbons (Fsp3) is 0.945. The zero-order chi connectivity index (χ0) is 57.1. The summed E-state index contributed by atoms with van der Waals surface area (Å²) in [6.07, 6.45) is 85.7. The quantitative estimate of drug-likeness (QED) is 0.0320. The molecule has 6 heteroatoms. The van der Waals surface area contributed by atoms with Gasteiger partial charge in [0.25, 0.3) is 0 Å². The fourth-order valence-electron chi connectivity index (χ4n) is 11.8. The number of aliphatic hydroxyl groups is 2. The van der Waals surface area contributed by atoms with Crippen LogP contribution in [0.25, 0.3) is 0 Å². The molecule has 79 heavy (non-hydrogen) atoms. The van der Waals surface area contributed by atoms with Crippen LogP contribution in [0.15, 0.2) is 12.2 Å². The molecule has 0 aromatic heterocycles. The largest absolute Gasteiger partial charge is 0.466 e. The van der Waals surface area contributed by atoms with Gasteiger partial charge in [0, 0.05) is 12.8 Å². The first kappa shape index (κ1) is 77.6. The van der Waals surface area contributed by atoms with E-state index in [1.54, 1.807) is 0 Å². The Morgan fingerprint density at radius 3 is 0.899 bits per heavy atom. The van der Waals surface area contributed by atoms with Gasteiger partial charge in [-0.15, -0.1) is 0 Å². The zero-order valence-corrected chi connectivity index (χ0v) is 53.9. The number of aliphatic hydroxyl groups excluding tert-OH is 2. The van der Waals surface area contributed by atoms with Crippen LogP contribution >= 0.6 is 0 Å². The van der Waals surface area contributed by atoms with E-state index >= 15 is 0 Å². The number of nitrogens with one attached hydrogen (secondary N) is 1. The molecular weight excluding hydrogens is 971 g/mol. The van der Waals surface area contributed by atoms with Crippen LogP contribution in [0.3, 0.4) is 0 Å². The molecule has 0 saturated heterocycles. The first-order chi connectivity index (χ1) is 39.0. The number of carbonyl (C=O) groups is 2. The Balaban J connectivity index is 3.31. The van der Waals surface area contributed by atoms with E-state index in [1.165, 1.54) is 347 Å². The Kier molecular flexibility index (Phi) is 67.9. The summed E-state index contributed by atoms with van der Waals surface area (Å²) in [6, 6.07) is -0.537. The molecule has 0 aromatic rings. The maximum atomic E-state index is 12.5. The number of hydrogen-bond donors (Lipinski definition) is 3. The van der Waals surface area contributed by atoms with E-state index in [0.29, 0.717) is 25.9 Å². The molecule has 0 radical (unpaired) electrons. The zero-order valence-electron chi connectivity index (χ0n) is 53.9. The number of allylic oxidation sites excluding steroid dienone is 2. The van der Waals surface area contributed by atoms with Crippen molar-refractivity contribution in [1.82, 2.24) is 5.32 Å². The van der Waals surface area contributed by atoms with E-state index in [9.17, 15) is 19.8 Å². The number of rotatable bonds is 69. The van der Waals surface area contributed by atoms with Crippen LogP contribution in [-0.2, 0) is 14.3 Å². The Bertz CT molecular complexity index is 1190. The second-order valence-corrected chi connectivity index (χ2v) is 25.3. The minimum Gasteiger partial charge on any atom is -0.466 e. The van der Waals surface area contributed by atoms with Crippen LogP contribution < -0.4 is 5.32 Å². The summed E-state index contributed by atoms with van der Waals surface area (Å²) >= 11 is 0. The number of unbranched alkanes of at least 4 members (excludes halogenated alkanes) is 56. The summed E-state index contributed by atoms with van der Waals surface area (Å²) in [5, 5.41) is 23.3. The van der Waals surface area contributed by atoms with Gasteiger partial charge in [-0.2, -0.15) is 0 Å². The fourth-order valence-corrected chi connectivity index (χ4v) is 11.8. The van der Waals surface area contributed by atoms with Gasteiger partial charge in [-0.1, -0.05) is 366 Å². The number of amides is 1. The summed E-state index contributed by atoms with van der Waals surface area (Å²) in [6.45, 7) is 4.99. The standard InChI is InChI=1S/C73H143NO5/c1-3-5-7-9-11-13-15-17-18-36-40-43-47-51-55-59-63-67-73(78)79-68-64-60-56-52-48-44-41-38-35-33-31-29-27-25-23-21-19-20-22-24-26-28-30-32-34-37-39-42-46-50-54-58-62-66-72(77)74-70(69-75)71(76)65-61-57-53-49-45-16-14-12-10-8-6-4-2/h23,25,70-71,75-76H,3-22,24,26-69H2,1-2H3,(H,74,77)/b25-23-. The number of hydrogen-bond acceptors (Lipinski definition) is 5. The molecular formula is C73H143NO5. The normalized spacial score (nSPS) is 12.5. The molecule has 0 heterocycles. The van der Waals surface area contributed by atoms with Crippen molar-refractivity contribution in [1.29, 1.82) is 0 Å². The van der Waals surface area contributed by atoms with Gasteiger partial charge in [0.05, 0.1) is 25.4 Å². The smallest absolute Gasteiger partial charge is 0.305 e. The molecule has 0 aliphatic carbocycles. The SMILES string of the molecule is CCCCCCCCCCCCCCCCCCCC(=O)OCCCCCCCCCCCCCC/C=C\CCCCCCCCCCCCCCCCCCCC(=O)NC(CO)C(O)CCCCCCCCCCCCCC. The predicted molar refractivity (Wildman–Crippen MR) is 347 cm³/mol. The molecule has 0 fully saturated rings. The van der Waals surface area contributed by atoms with Gasteiger partial charge in [0.2, 0.25) is 5.91 Å². The Morgan fingerprint density at radius 1 is 0.342 bits per heavy atom. The lowest BCUT2D eigenvalue weighted by molar-refractivity contribution is -0.143. The maximum Gasteiger partial charge on any atom is 0.305 e. The minimum absolute atomic E-state index is 0.0236. The van der Waals surface area contributed by atoms with Crippen LogP contribution in [0.1, 0.15) is 418 Å². The summed E-state index contributed by atoms with van der Waals surface area (Å²) in [4.78, 5) is 24.6. The number of esters is 1. The Hall–Kier alpha value is -1.40. The first-order valence-corrected chi connectivity index (χ1v) is 36.4. The van der Waals surface area contributed by atoms with Gasteiger partial charge in [-0.05, 0) is 51.4 Å². The van der Waals surface area contributed by atoms with E-state index < -0.39 is 12.1 Å². The molecule has 0 rings (SSSR count). The average molecular weight is 1110 g/mol. The molecule has 0 spiro atoms. The van der Waals surface area contributed by atoms with Crippen LogP contribution in [0.5, 0.6) is 0 Å².